The minimum absolute atomic E-state index is 0.0938. The summed E-state index contributed by atoms with van der Waals surface area (Å²) in [6.07, 6.45) is -0.344. The van der Waals surface area contributed by atoms with Crippen LogP contribution in [0.4, 0.5) is 0 Å². The summed E-state index contributed by atoms with van der Waals surface area (Å²) in [6, 6.07) is 12.1. The Hall–Kier alpha value is -2.47. The Kier molecular flexibility index (Phi) is 4.72. The lowest BCUT2D eigenvalue weighted by molar-refractivity contribution is 0.0890. The van der Waals surface area contributed by atoms with Gasteiger partial charge in [-0.15, -0.1) is 0 Å². The Morgan fingerprint density at radius 3 is 2.60 bits per heavy atom. The summed E-state index contributed by atoms with van der Waals surface area (Å²) in [5.74, 6) is -0.939. The van der Waals surface area contributed by atoms with Gasteiger partial charge in [-0.3, -0.25) is 14.3 Å². The Bertz CT molecular complexity index is 976. The first kappa shape index (κ1) is 17.4. The van der Waals surface area contributed by atoms with Crippen LogP contribution in [0.25, 0.3) is 10.9 Å². The molecular formula is C19H17BrN2O3. The number of hydrogen-bond donors (Lipinski definition) is 1. The van der Waals surface area contributed by atoms with Gasteiger partial charge in [-0.1, -0.05) is 34.1 Å². The third-order valence-corrected chi connectivity index (χ3v) is 4.44. The highest BCUT2D eigenvalue weighted by Gasteiger charge is 2.22. The van der Waals surface area contributed by atoms with Gasteiger partial charge in [0.25, 0.3) is 0 Å². The van der Waals surface area contributed by atoms with Crippen molar-refractivity contribution >= 4 is 38.4 Å². The summed E-state index contributed by atoms with van der Waals surface area (Å²) in [4.78, 5) is 25.1. The van der Waals surface area contributed by atoms with Gasteiger partial charge in [-0.2, -0.15) is 5.10 Å². The second-order valence-corrected chi connectivity index (χ2v) is 7.00. The lowest BCUT2D eigenvalue weighted by atomic mass is 10.0. The van der Waals surface area contributed by atoms with Crippen molar-refractivity contribution in [3.63, 3.8) is 0 Å². The van der Waals surface area contributed by atoms with Crippen molar-refractivity contribution in [3.8, 4) is 5.75 Å². The highest BCUT2D eigenvalue weighted by molar-refractivity contribution is 9.10. The number of carbonyl (C=O) groups is 2. The topological polar surface area (TPSA) is 72.2 Å². The Morgan fingerprint density at radius 1 is 1.16 bits per heavy atom. The van der Waals surface area contributed by atoms with Gasteiger partial charge in [0.1, 0.15) is 11.4 Å². The zero-order chi connectivity index (χ0) is 18.1. The molecule has 25 heavy (non-hydrogen) atoms. The number of hydrogen-bond acceptors (Lipinski definition) is 4. The van der Waals surface area contributed by atoms with Crippen LogP contribution in [0.15, 0.2) is 46.9 Å². The standard InChI is InChI=1S/C19H17BrN2O3/c1-11(2)22-15-6-4-3-5-13(15)19(21-22)18(25)10-17(24)14-9-12(20)7-8-16(14)23/h3-9,11,23H,10H2,1-2H3. The van der Waals surface area contributed by atoms with E-state index in [1.54, 1.807) is 10.7 Å². The van der Waals surface area contributed by atoms with Crippen LogP contribution in [-0.2, 0) is 0 Å². The molecule has 0 unspecified atom stereocenters. The normalized spacial score (nSPS) is 11.2. The van der Waals surface area contributed by atoms with E-state index in [0.29, 0.717) is 4.47 Å². The molecule has 0 atom stereocenters. The second-order valence-electron chi connectivity index (χ2n) is 6.09. The van der Waals surface area contributed by atoms with Gasteiger partial charge in [0.2, 0.25) is 0 Å². The maximum atomic E-state index is 12.7. The molecule has 0 spiro atoms. The lowest BCUT2D eigenvalue weighted by Gasteiger charge is -2.06. The fourth-order valence-electron chi connectivity index (χ4n) is 2.75. The van der Waals surface area contributed by atoms with Crippen LogP contribution < -0.4 is 0 Å². The van der Waals surface area contributed by atoms with Gasteiger partial charge < -0.3 is 5.11 Å². The van der Waals surface area contributed by atoms with E-state index in [9.17, 15) is 14.7 Å². The number of halogens is 1. The molecular weight excluding hydrogens is 384 g/mol. The molecule has 0 amide bonds. The molecule has 6 heteroatoms. The minimum atomic E-state index is -0.438. The number of Topliss-reactive ketones (excluding diaryl/α,β-unsaturated/α-hetero) is 2. The predicted octanol–water partition coefficient (Wildman–Crippen LogP) is 4.54. The van der Waals surface area contributed by atoms with Crippen molar-refractivity contribution < 1.29 is 14.7 Å². The highest BCUT2D eigenvalue weighted by atomic mass is 79.9. The maximum Gasteiger partial charge on any atom is 0.191 e. The molecule has 3 rings (SSSR count). The number of nitrogens with zero attached hydrogens (tertiary/aromatic N) is 2. The molecule has 1 heterocycles. The van der Waals surface area contributed by atoms with Crippen LogP contribution in [0, 0.1) is 0 Å². The van der Waals surface area contributed by atoms with E-state index in [1.807, 2.05) is 38.1 Å². The SMILES string of the molecule is CC(C)n1nc(C(=O)CC(=O)c2cc(Br)ccc2O)c2ccccc21. The fourth-order valence-corrected chi connectivity index (χ4v) is 3.11. The van der Waals surface area contributed by atoms with Crippen molar-refractivity contribution in [2.24, 2.45) is 0 Å². The number of aromatic hydroxyl groups is 1. The molecule has 5 nitrogen and oxygen atoms in total. The zero-order valence-corrected chi connectivity index (χ0v) is 15.4. The average molecular weight is 401 g/mol. The number of aromatic nitrogens is 2. The molecule has 0 fully saturated rings. The van der Waals surface area contributed by atoms with E-state index >= 15 is 0 Å². The molecule has 0 aliphatic heterocycles. The van der Waals surface area contributed by atoms with Crippen molar-refractivity contribution in [3.05, 3.63) is 58.2 Å². The number of rotatable bonds is 5. The zero-order valence-electron chi connectivity index (χ0n) is 13.9. The van der Waals surface area contributed by atoms with Gasteiger partial charge >= 0.3 is 0 Å². The Balaban J connectivity index is 1.95. The largest absolute Gasteiger partial charge is 0.507 e. The van der Waals surface area contributed by atoms with Crippen LogP contribution in [-0.4, -0.2) is 26.5 Å². The summed E-state index contributed by atoms with van der Waals surface area (Å²) >= 11 is 3.26. The van der Waals surface area contributed by atoms with E-state index in [4.69, 9.17) is 0 Å². The number of ketones is 2. The van der Waals surface area contributed by atoms with Crippen molar-refractivity contribution in [2.45, 2.75) is 26.3 Å². The smallest absolute Gasteiger partial charge is 0.191 e. The van der Waals surface area contributed by atoms with Crippen LogP contribution in [0.2, 0.25) is 0 Å². The Morgan fingerprint density at radius 2 is 1.88 bits per heavy atom. The van der Waals surface area contributed by atoms with Gasteiger partial charge in [0, 0.05) is 15.9 Å². The summed E-state index contributed by atoms with van der Waals surface area (Å²) in [5.41, 5.74) is 1.26. The molecule has 0 saturated carbocycles. The molecule has 0 bridgehead atoms. The monoisotopic (exact) mass is 400 g/mol. The molecule has 1 aromatic heterocycles. The van der Waals surface area contributed by atoms with Gasteiger partial charge in [0.05, 0.1) is 17.5 Å². The first-order chi connectivity index (χ1) is 11.9. The first-order valence-electron chi connectivity index (χ1n) is 7.90. The fraction of sp³-hybridized carbons (Fsp3) is 0.211. The molecule has 0 radical (unpaired) electrons. The molecule has 1 N–H and O–H groups in total. The number of phenolic OH excluding ortho intramolecular Hbond substituents is 1. The molecule has 2 aromatic carbocycles. The van der Waals surface area contributed by atoms with Crippen molar-refractivity contribution in [1.29, 1.82) is 0 Å². The van der Waals surface area contributed by atoms with E-state index in [1.165, 1.54) is 12.1 Å². The molecule has 3 aromatic rings. The van der Waals surface area contributed by atoms with Crippen LogP contribution in [0.1, 0.15) is 47.2 Å². The highest BCUT2D eigenvalue weighted by Crippen LogP contribution is 2.26. The summed E-state index contributed by atoms with van der Waals surface area (Å²) in [6.45, 7) is 3.97. The number of fused-ring (bicyclic) bond motifs is 1. The van der Waals surface area contributed by atoms with Crippen molar-refractivity contribution in [1.82, 2.24) is 9.78 Å². The molecule has 128 valence electrons. The average Bonchev–Trinajstić information content (AvgIpc) is 2.97. The molecule has 0 aliphatic rings. The number of benzene rings is 2. The van der Waals surface area contributed by atoms with Gasteiger partial charge in [-0.05, 0) is 38.1 Å². The predicted molar refractivity (Wildman–Crippen MR) is 99.2 cm³/mol. The van der Waals surface area contributed by atoms with Crippen molar-refractivity contribution in [2.75, 3.05) is 0 Å². The number of phenols is 1. The van der Waals surface area contributed by atoms with E-state index in [2.05, 4.69) is 21.0 Å². The third-order valence-electron chi connectivity index (χ3n) is 3.95. The minimum Gasteiger partial charge on any atom is -0.507 e. The number of para-hydroxylation sites is 1. The quantitative estimate of drug-likeness (QED) is 0.503. The van der Waals surface area contributed by atoms with E-state index in [-0.39, 0.29) is 35.3 Å². The van der Waals surface area contributed by atoms with Crippen LogP contribution in [0.5, 0.6) is 5.75 Å². The summed E-state index contributed by atoms with van der Waals surface area (Å²) in [7, 11) is 0. The van der Waals surface area contributed by atoms with E-state index < -0.39 is 5.78 Å². The van der Waals surface area contributed by atoms with Gasteiger partial charge in [-0.25, -0.2) is 0 Å². The molecule has 0 aliphatic carbocycles. The maximum absolute atomic E-state index is 12.7. The summed E-state index contributed by atoms with van der Waals surface area (Å²) < 4.78 is 2.44. The number of carbonyl (C=O) groups excluding carboxylic acids is 2. The molecule has 0 saturated heterocycles. The third kappa shape index (κ3) is 3.35. The van der Waals surface area contributed by atoms with Crippen LogP contribution >= 0.6 is 15.9 Å². The second kappa shape index (κ2) is 6.80. The van der Waals surface area contributed by atoms with Crippen LogP contribution in [0.3, 0.4) is 0 Å². The van der Waals surface area contributed by atoms with E-state index in [0.717, 1.165) is 10.9 Å². The lowest BCUT2D eigenvalue weighted by Crippen LogP contribution is -2.11. The van der Waals surface area contributed by atoms with Gasteiger partial charge in [0.15, 0.2) is 11.6 Å². The summed E-state index contributed by atoms with van der Waals surface area (Å²) in [5, 5.41) is 15.0. The first-order valence-corrected chi connectivity index (χ1v) is 8.70. The Labute approximate surface area is 153 Å².